The molecular formula is C19H22N2O4S. The fraction of sp³-hybridized carbons (Fsp3) is 0.316. The maximum absolute atomic E-state index is 12.6. The molecular weight excluding hydrogens is 352 g/mol. The molecule has 1 atom stereocenters. The van der Waals surface area contributed by atoms with Crippen LogP contribution in [0.1, 0.15) is 28.8 Å². The molecule has 2 aromatic rings. The number of benzene rings is 2. The molecule has 26 heavy (non-hydrogen) atoms. The van der Waals surface area contributed by atoms with Crippen LogP contribution in [0, 0.1) is 6.92 Å². The van der Waals surface area contributed by atoms with Crippen LogP contribution >= 0.6 is 0 Å². The van der Waals surface area contributed by atoms with Gasteiger partial charge in [-0.25, -0.2) is 8.42 Å². The summed E-state index contributed by atoms with van der Waals surface area (Å²) in [5.74, 6) is -0.331. The van der Waals surface area contributed by atoms with E-state index in [9.17, 15) is 13.2 Å². The van der Waals surface area contributed by atoms with Gasteiger partial charge in [0.2, 0.25) is 0 Å². The summed E-state index contributed by atoms with van der Waals surface area (Å²) in [5.41, 5.74) is 1.50. The zero-order valence-electron chi connectivity index (χ0n) is 14.6. The molecule has 1 fully saturated rings. The smallest absolute Gasteiger partial charge is 0.261 e. The van der Waals surface area contributed by atoms with Crippen LogP contribution in [0.15, 0.2) is 53.4 Å². The predicted octanol–water partition coefficient (Wildman–Crippen LogP) is 2.70. The Kier molecular flexibility index (Phi) is 5.58. The first-order valence-corrected chi connectivity index (χ1v) is 10.0. The SMILES string of the molecule is Cc1ccc(S(=O)(=O)Nc2ccccc2C(=O)NC[C@H]2CCCO2)cc1. The van der Waals surface area contributed by atoms with Gasteiger partial charge in [-0.3, -0.25) is 9.52 Å². The Morgan fingerprint density at radius 2 is 1.88 bits per heavy atom. The average Bonchev–Trinajstić information content (AvgIpc) is 3.14. The van der Waals surface area contributed by atoms with E-state index in [0.717, 1.165) is 18.4 Å². The van der Waals surface area contributed by atoms with E-state index in [2.05, 4.69) is 10.0 Å². The molecule has 1 amide bonds. The molecule has 6 nitrogen and oxygen atoms in total. The monoisotopic (exact) mass is 374 g/mol. The van der Waals surface area contributed by atoms with Crippen LogP contribution < -0.4 is 10.0 Å². The molecule has 1 heterocycles. The molecule has 0 bridgehead atoms. The minimum Gasteiger partial charge on any atom is -0.376 e. The van der Waals surface area contributed by atoms with Crippen LogP contribution in [0.4, 0.5) is 5.69 Å². The molecule has 3 rings (SSSR count). The summed E-state index contributed by atoms with van der Waals surface area (Å²) in [6.07, 6.45) is 1.94. The van der Waals surface area contributed by atoms with Crippen LogP contribution in [0.5, 0.6) is 0 Å². The number of rotatable bonds is 6. The maximum Gasteiger partial charge on any atom is 0.261 e. The van der Waals surface area contributed by atoms with Gasteiger partial charge in [-0.2, -0.15) is 0 Å². The van der Waals surface area contributed by atoms with E-state index < -0.39 is 10.0 Å². The van der Waals surface area contributed by atoms with Crippen molar-refractivity contribution in [1.29, 1.82) is 0 Å². The number of nitrogens with one attached hydrogen (secondary N) is 2. The van der Waals surface area contributed by atoms with E-state index >= 15 is 0 Å². The number of ether oxygens (including phenoxy) is 1. The van der Waals surface area contributed by atoms with E-state index in [1.807, 2.05) is 6.92 Å². The van der Waals surface area contributed by atoms with Crippen LogP contribution in [0.25, 0.3) is 0 Å². The van der Waals surface area contributed by atoms with Gasteiger partial charge in [-0.1, -0.05) is 29.8 Å². The van der Waals surface area contributed by atoms with Gasteiger partial charge in [0.15, 0.2) is 0 Å². The minimum absolute atomic E-state index is 0.0235. The lowest BCUT2D eigenvalue weighted by Gasteiger charge is -2.14. The second kappa shape index (κ2) is 7.88. The Bertz CT molecular complexity index is 873. The first kappa shape index (κ1) is 18.4. The largest absolute Gasteiger partial charge is 0.376 e. The summed E-state index contributed by atoms with van der Waals surface area (Å²) >= 11 is 0. The number of aryl methyl sites for hydroxylation is 1. The van der Waals surface area contributed by atoms with Crippen LogP contribution in [0.3, 0.4) is 0 Å². The van der Waals surface area contributed by atoms with Crippen molar-refractivity contribution in [3.63, 3.8) is 0 Å². The van der Waals surface area contributed by atoms with Crippen molar-refractivity contribution in [3.05, 3.63) is 59.7 Å². The zero-order valence-corrected chi connectivity index (χ0v) is 15.4. The van der Waals surface area contributed by atoms with Crippen molar-refractivity contribution >= 4 is 21.6 Å². The van der Waals surface area contributed by atoms with Crippen molar-refractivity contribution in [2.45, 2.75) is 30.8 Å². The van der Waals surface area contributed by atoms with Gasteiger partial charge in [0.05, 0.1) is 22.3 Å². The second-order valence-corrected chi connectivity index (χ2v) is 7.99. The highest BCUT2D eigenvalue weighted by Crippen LogP contribution is 2.21. The summed E-state index contributed by atoms with van der Waals surface area (Å²) in [5, 5.41) is 2.82. The Morgan fingerprint density at radius 3 is 2.58 bits per heavy atom. The van der Waals surface area contributed by atoms with E-state index in [4.69, 9.17) is 4.74 Å². The van der Waals surface area contributed by atoms with Gasteiger partial charge in [0.1, 0.15) is 0 Å². The molecule has 0 radical (unpaired) electrons. The molecule has 0 spiro atoms. The predicted molar refractivity (Wildman–Crippen MR) is 99.7 cm³/mol. The average molecular weight is 374 g/mol. The van der Waals surface area contributed by atoms with E-state index in [-0.39, 0.29) is 28.2 Å². The number of hydrogen-bond acceptors (Lipinski definition) is 4. The summed E-state index contributed by atoms with van der Waals surface area (Å²) in [7, 11) is -3.77. The second-order valence-electron chi connectivity index (χ2n) is 6.31. The van der Waals surface area contributed by atoms with Gasteiger partial charge in [-0.05, 0) is 44.0 Å². The van der Waals surface area contributed by atoms with Crippen LogP contribution in [0.2, 0.25) is 0 Å². The fourth-order valence-corrected chi connectivity index (χ4v) is 3.88. The number of hydrogen-bond donors (Lipinski definition) is 2. The van der Waals surface area contributed by atoms with Gasteiger partial charge >= 0.3 is 0 Å². The van der Waals surface area contributed by atoms with Crippen molar-refractivity contribution in [3.8, 4) is 0 Å². The van der Waals surface area contributed by atoms with Gasteiger partial charge < -0.3 is 10.1 Å². The van der Waals surface area contributed by atoms with Crippen LogP contribution in [-0.2, 0) is 14.8 Å². The number of para-hydroxylation sites is 1. The van der Waals surface area contributed by atoms with Crippen molar-refractivity contribution in [2.24, 2.45) is 0 Å². The minimum atomic E-state index is -3.77. The lowest BCUT2D eigenvalue weighted by Crippen LogP contribution is -2.32. The van der Waals surface area contributed by atoms with Gasteiger partial charge in [0, 0.05) is 13.2 Å². The van der Waals surface area contributed by atoms with Gasteiger partial charge in [0.25, 0.3) is 15.9 Å². The third kappa shape index (κ3) is 4.42. The molecule has 0 saturated carbocycles. The highest BCUT2D eigenvalue weighted by molar-refractivity contribution is 7.92. The maximum atomic E-state index is 12.6. The zero-order chi connectivity index (χ0) is 18.6. The number of carbonyl (C=O) groups is 1. The Balaban J connectivity index is 1.75. The van der Waals surface area contributed by atoms with Crippen molar-refractivity contribution in [1.82, 2.24) is 5.32 Å². The third-order valence-corrected chi connectivity index (χ3v) is 5.64. The normalized spacial score (nSPS) is 17.0. The lowest BCUT2D eigenvalue weighted by molar-refractivity contribution is 0.0858. The number of amides is 1. The first-order valence-electron chi connectivity index (χ1n) is 8.54. The molecule has 1 aliphatic heterocycles. The van der Waals surface area contributed by atoms with E-state index in [1.165, 1.54) is 12.1 Å². The topological polar surface area (TPSA) is 84.5 Å². The Morgan fingerprint density at radius 1 is 1.15 bits per heavy atom. The highest BCUT2D eigenvalue weighted by Gasteiger charge is 2.20. The van der Waals surface area contributed by atoms with E-state index in [0.29, 0.717) is 13.2 Å². The Labute approximate surface area is 153 Å². The van der Waals surface area contributed by atoms with E-state index in [1.54, 1.807) is 36.4 Å². The molecule has 1 aliphatic rings. The molecule has 1 saturated heterocycles. The summed E-state index contributed by atoms with van der Waals surface area (Å²) in [6, 6.07) is 13.1. The molecule has 2 aromatic carbocycles. The first-order chi connectivity index (χ1) is 12.5. The number of carbonyl (C=O) groups excluding carboxylic acids is 1. The summed E-state index contributed by atoms with van der Waals surface area (Å²) in [6.45, 7) is 3.02. The number of anilines is 1. The Hall–Kier alpha value is -2.38. The molecule has 138 valence electrons. The lowest BCUT2D eigenvalue weighted by atomic mass is 10.1. The standard InChI is InChI=1S/C19H22N2O4S/c1-14-8-10-16(11-9-14)26(23,24)21-18-7-3-2-6-17(18)19(22)20-13-15-5-4-12-25-15/h2-3,6-11,15,21H,4-5,12-13H2,1H3,(H,20,22)/t15-/m1/s1. The van der Waals surface area contributed by atoms with Crippen molar-refractivity contribution in [2.75, 3.05) is 17.9 Å². The number of sulfonamides is 1. The molecule has 2 N–H and O–H groups in total. The molecule has 7 heteroatoms. The van der Waals surface area contributed by atoms with Crippen LogP contribution in [-0.4, -0.2) is 33.6 Å². The molecule has 0 unspecified atom stereocenters. The molecule has 0 aliphatic carbocycles. The third-order valence-electron chi connectivity index (χ3n) is 4.26. The fourth-order valence-electron chi connectivity index (χ4n) is 2.80. The van der Waals surface area contributed by atoms with Gasteiger partial charge in [-0.15, -0.1) is 0 Å². The summed E-state index contributed by atoms with van der Waals surface area (Å²) in [4.78, 5) is 12.6. The highest BCUT2D eigenvalue weighted by atomic mass is 32.2. The molecule has 0 aromatic heterocycles. The quantitative estimate of drug-likeness (QED) is 0.814. The summed E-state index contributed by atoms with van der Waals surface area (Å²) < 4.78 is 33.2. The van der Waals surface area contributed by atoms with Crippen molar-refractivity contribution < 1.29 is 17.9 Å².